The molecule has 0 spiro atoms. The van der Waals surface area contributed by atoms with Crippen molar-refractivity contribution in [1.29, 1.82) is 0 Å². The standard InChI is InChI=1S/C27H26F2N8O3S/c1-16-12-31-19-11-21(40-27(28)29)17(10-22(19)41-16)24-20(14-36(34-24)15-23(38)35-7-3-2-4-8-35)33-26(39)18-13-32-37-9-5-6-30-25(18)37/h2-3,5-6,9-11,13-14,16,27,31H,4,7-8,12,15H2,1H3,(H,33,39). The number of hydrogen-bond acceptors (Lipinski definition) is 8. The second kappa shape index (κ2) is 11.2. The van der Waals surface area contributed by atoms with Crippen molar-refractivity contribution >= 4 is 40.6 Å². The van der Waals surface area contributed by atoms with Crippen LogP contribution >= 0.6 is 11.8 Å². The maximum atomic E-state index is 13.5. The van der Waals surface area contributed by atoms with Gasteiger partial charge in [-0.15, -0.1) is 11.8 Å². The fourth-order valence-corrected chi connectivity index (χ4v) is 5.81. The zero-order valence-electron chi connectivity index (χ0n) is 22.0. The number of ether oxygens (including phenoxy) is 1. The molecule has 3 aromatic heterocycles. The van der Waals surface area contributed by atoms with Crippen LogP contribution in [0.3, 0.4) is 0 Å². The molecule has 14 heteroatoms. The number of fused-ring (bicyclic) bond motifs is 2. The van der Waals surface area contributed by atoms with E-state index in [4.69, 9.17) is 4.74 Å². The number of aromatic nitrogens is 5. The normalized spacial score (nSPS) is 16.5. The number of halogens is 2. The highest BCUT2D eigenvalue weighted by atomic mass is 32.2. The van der Waals surface area contributed by atoms with Crippen molar-refractivity contribution in [2.75, 3.05) is 30.3 Å². The average molecular weight is 581 g/mol. The number of alkyl halides is 2. The number of carbonyl (C=O) groups excluding carboxylic acids is 2. The predicted molar refractivity (Wildman–Crippen MR) is 149 cm³/mol. The molecule has 1 aromatic carbocycles. The van der Waals surface area contributed by atoms with Crippen molar-refractivity contribution in [3.05, 3.63) is 60.7 Å². The van der Waals surface area contributed by atoms with Crippen LogP contribution in [-0.4, -0.2) is 72.6 Å². The molecule has 0 bridgehead atoms. The van der Waals surface area contributed by atoms with Gasteiger partial charge in [0, 0.05) is 60.0 Å². The Kier molecular flexibility index (Phi) is 7.30. The lowest BCUT2D eigenvalue weighted by Gasteiger charge is -2.24. The maximum absolute atomic E-state index is 13.5. The van der Waals surface area contributed by atoms with Crippen molar-refractivity contribution in [3.8, 4) is 17.0 Å². The quantitative estimate of drug-likeness (QED) is 0.313. The molecule has 1 unspecified atom stereocenters. The number of hydrogen-bond donors (Lipinski definition) is 2. The van der Waals surface area contributed by atoms with Crippen LogP contribution in [0.15, 0.2) is 60.0 Å². The number of amides is 2. The zero-order valence-corrected chi connectivity index (χ0v) is 22.8. The van der Waals surface area contributed by atoms with E-state index >= 15 is 0 Å². The summed E-state index contributed by atoms with van der Waals surface area (Å²) < 4.78 is 34.8. The summed E-state index contributed by atoms with van der Waals surface area (Å²) in [6.45, 7) is 0.629. The Bertz CT molecular complexity index is 1650. The first kappa shape index (κ1) is 26.7. The topological polar surface area (TPSA) is 119 Å². The number of nitrogens with one attached hydrogen (secondary N) is 2. The highest BCUT2D eigenvalue weighted by molar-refractivity contribution is 8.00. The minimum Gasteiger partial charge on any atom is -0.434 e. The average Bonchev–Trinajstić information content (AvgIpc) is 3.57. The van der Waals surface area contributed by atoms with E-state index in [0.717, 1.165) is 11.3 Å². The summed E-state index contributed by atoms with van der Waals surface area (Å²) in [6, 6.07) is 4.92. The molecule has 41 heavy (non-hydrogen) atoms. The molecule has 0 saturated heterocycles. The first-order chi connectivity index (χ1) is 19.9. The van der Waals surface area contributed by atoms with Gasteiger partial charge in [-0.25, -0.2) is 9.50 Å². The van der Waals surface area contributed by atoms with Crippen LogP contribution < -0.4 is 15.4 Å². The molecule has 212 valence electrons. The second-order valence-electron chi connectivity index (χ2n) is 9.62. The van der Waals surface area contributed by atoms with E-state index in [1.165, 1.54) is 27.7 Å². The summed E-state index contributed by atoms with van der Waals surface area (Å²) >= 11 is 1.59. The Morgan fingerprint density at radius 3 is 2.98 bits per heavy atom. The molecule has 0 aliphatic carbocycles. The van der Waals surface area contributed by atoms with Crippen LogP contribution in [0, 0.1) is 0 Å². The molecule has 2 aliphatic heterocycles. The third-order valence-electron chi connectivity index (χ3n) is 6.70. The van der Waals surface area contributed by atoms with Crippen LogP contribution in [0.1, 0.15) is 23.7 Å². The zero-order chi connectivity index (χ0) is 28.5. The number of carbonyl (C=O) groups is 2. The van der Waals surface area contributed by atoms with E-state index in [9.17, 15) is 18.4 Å². The summed E-state index contributed by atoms with van der Waals surface area (Å²) in [5.74, 6) is -0.783. The number of thioether (sulfide) groups is 1. The van der Waals surface area contributed by atoms with Crippen molar-refractivity contribution in [2.45, 2.75) is 36.6 Å². The molecule has 11 nitrogen and oxygen atoms in total. The van der Waals surface area contributed by atoms with E-state index < -0.39 is 12.5 Å². The fourth-order valence-electron chi connectivity index (χ4n) is 4.76. The van der Waals surface area contributed by atoms with E-state index in [1.807, 2.05) is 12.2 Å². The highest BCUT2D eigenvalue weighted by Crippen LogP contribution is 2.44. The van der Waals surface area contributed by atoms with E-state index in [-0.39, 0.29) is 46.0 Å². The number of rotatable bonds is 7. The summed E-state index contributed by atoms with van der Waals surface area (Å²) in [4.78, 5) is 33.2. The monoisotopic (exact) mass is 580 g/mol. The van der Waals surface area contributed by atoms with Gasteiger partial charge in [-0.05, 0) is 18.6 Å². The van der Waals surface area contributed by atoms with Crippen LogP contribution in [0.2, 0.25) is 0 Å². The number of anilines is 2. The highest BCUT2D eigenvalue weighted by Gasteiger charge is 2.26. The minimum atomic E-state index is -3.08. The fraction of sp³-hybridized carbons (Fsp3) is 0.296. The molecule has 5 heterocycles. The molecule has 0 saturated carbocycles. The van der Waals surface area contributed by atoms with Crippen molar-refractivity contribution in [1.82, 2.24) is 29.3 Å². The Hall–Kier alpha value is -4.46. The van der Waals surface area contributed by atoms with E-state index in [2.05, 4.69) is 32.7 Å². The Morgan fingerprint density at radius 1 is 1.29 bits per heavy atom. The third kappa shape index (κ3) is 5.59. The van der Waals surface area contributed by atoms with Crippen molar-refractivity contribution in [3.63, 3.8) is 0 Å². The van der Waals surface area contributed by atoms with Gasteiger partial charge < -0.3 is 20.3 Å². The summed E-state index contributed by atoms with van der Waals surface area (Å²) in [6.07, 6.45) is 10.8. The summed E-state index contributed by atoms with van der Waals surface area (Å²) in [5, 5.41) is 15.1. The molecule has 4 aromatic rings. The summed E-state index contributed by atoms with van der Waals surface area (Å²) in [5.41, 5.74) is 1.89. The van der Waals surface area contributed by atoms with Gasteiger partial charge in [0.2, 0.25) is 5.91 Å². The van der Waals surface area contributed by atoms with Gasteiger partial charge >= 0.3 is 6.61 Å². The second-order valence-corrected chi connectivity index (χ2v) is 11.1. The lowest BCUT2D eigenvalue weighted by molar-refractivity contribution is -0.131. The van der Waals surface area contributed by atoms with Gasteiger partial charge in [0.25, 0.3) is 5.91 Å². The lowest BCUT2D eigenvalue weighted by Crippen LogP contribution is -2.36. The molecule has 0 radical (unpaired) electrons. The molecule has 1 atom stereocenters. The van der Waals surface area contributed by atoms with Crippen molar-refractivity contribution in [2.24, 2.45) is 0 Å². The van der Waals surface area contributed by atoms with Gasteiger partial charge in [-0.3, -0.25) is 14.3 Å². The molecule has 2 N–H and O–H groups in total. The Labute approximate surface area is 237 Å². The summed E-state index contributed by atoms with van der Waals surface area (Å²) in [7, 11) is 0. The van der Waals surface area contributed by atoms with Crippen molar-refractivity contribution < 1.29 is 23.1 Å². The Morgan fingerprint density at radius 2 is 2.17 bits per heavy atom. The minimum absolute atomic E-state index is 0.0989. The smallest absolute Gasteiger partial charge is 0.387 e. The molecule has 0 fully saturated rings. The van der Waals surface area contributed by atoms with Crippen LogP contribution in [0.5, 0.6) is 5.75 Å². The van der Waals surface area contributed by atoms with Gasteiger partial charge in [0.15, 0.2) is 5.65 Å². The van der Waals surface area contributed by atoms with E-state index in [0.29, 0.717) is 31.0 Å². The number of benzene rings is 1. The largest absolute Gasteiger partial charge is 0.434 e. The maximum Gasteiger partial charge on any atom is 0.387 e. The number of nitrogens with zero attached hydrogens (tertiary/aromatic N) is 6. The first-order valence-electron chi connectivity index (χ1n) is 13.0. The third-order valence-corrected chi connectivity index (χ3v) is 7.86. The van der Waals surface area contributed by atoms with Gasteiger partial charge in [-0.2, -0.15) is 19.0 Å². The Balaban J connectivity index is 1.41. The predicted octanol–water partition coefficient (Wildman–Crippen LogP) is 4.14. The van der Waals surface area contributed by atoms with Crippen LogP contribution in [0.25, 0.3) is 16.9 Å². The molecule has 2 aliphatic rings. The SMILES string of the molecule is CC1CNc2cc(OC(F)F)c(-c3nn(CC(=O)N4CC=CCC4)cc3NC(=O)c3cnn4cccnc34)cc2S1. The van der Waals surface area contributed by atoms with E-state index in [1.54, 1.807) is 41.2 Å². The molecular weight excluding hydrogens is 554 g/mol. The molecule has 6 rings (SSSR count). The van der Waals surface area contributed by atoms with Gasteiger partial charge in [0.05, 0.1) is 17.6 Å². The first-order valence-corrected chi connectivity index (χ1v) is 13.9. The lowest BCUT2D eigenvalue weighted by atomic mass is 10.1. The molecular formula is C27H26F2N8O3S. The van der Waals surface area contributed by atoms with Crippen LogP contribution in [-0.2, 0) is 11.3 Å². The van der Waals surface area contributed by atoms with Gasteiger partial charge in [-0.1, -0.05) is 19.1 Å². The van der Waals surface area contributed by atoms with Crippen LogP contribution in [0.4, 0.5) is 20.2 Å². The van der Waals surface area contributed by atoms with Gasteiger partial charge in [0.1, 0.15) is 23.6 Å². The molecule has 2 amide bonds.